The number of fused-ring (bicyclic) bond motifs is 2. The maximum absolute atomic E-state index is 12.4. The Kier molecular flexibility index (Phi) is 11.9. The third-order valence-electron chi connectivity index (χ3n) is 6.06. The first-order valence-corrected chi connectivity index (χ1v) is 13.3. The lowest BCUT2D eigenvalue weighted by Crippen LogP contribution is -2.15. The Bertz CT molecular complexity index is 1250. The molecular weight excluding hydrogens is 512 g/mol. The molecule has 0 bridgehead atoms. The van der Waals surface area contributed by atoms with Gasteiger partial charge in [0.2, 0.25) is 0 Å². The van der Waals surface area contributed by atoms with Crippen molar-refractivity contribution in [3.05, 3.63) is 96.1 Å². The summed E-state index contributed by atoms with van der Waals surface area (Å²) >= 11 is 0. The van der Waals surface area contributed by atoms with Crippen LogP contribution in [0.5, 0.6) is 0 Å². The Morgan fingerprint density at radius 2 is 0.725 bits per heavy atom. The Hall–Kier alpha value is -3.82. The summed E-state index contributed by atoms with van der Waals surface area (Å²) in [6.07, 6.45) is 0. The van der Waals surface area contributed by atoms with Crippen molar-refractivity contribution in [2.75, 3.05) is 66.1 Å². The van der Waals surface area contributed by atoms with Gasteiger partial charge >= 0.3 is 11.9 Å². The smallest absolute Gasteiger partial charge is 0.338 e. The van der Waals surface area contributed by atoms with Crippen molar-refractivity contribution in [3.63, 3.8) is 0 Å². The van der Waals surface area contributed by atoms with Gasteiger partial charge < -0.3 is 28.4 Å². The molecule has 0 spiro atoms. The fourth-order valence-electron chi connectivity index (χ4n) is 4.11. The van der Waals surface area contributed by atoms with Crippen LogP contribution in [0, 0.1) is 0 Å². The van der Waals surface area contributed by atoms with E-state index in [1.165, 1.54) is 0 Å². The average molecular weight is 547 g/mol. The summed E-state index contributed by atoms with van der Waals surface area (Å²) in [5.41, 5.74) is 1.10. The van der Waals surface area contributed by atoms with Crippen molar-refractivity contribution in [2.24, 2.45) is 0 Å². The lowest BCUT2D eigenvalue weighted by molar-refractivity contribution is -0.0135. The molecule has 0 fully saturated rings. The zero-order chi connectivity index (χ0) is 27.8. The van der Waals surface area contributed by atoms with E-state index >= 15 is 0 Å². The summed E-state index contributed by atoms with van der Waals surface area (Å²) in [5.74, 6) is -0.723. The zero-order valence-corrected chi connectivity index (χ0v) is 22.4. The van der Waals surface area contributed by atoms with E-state index in [4.69, 9.17) is 28.4 Å². The standard InChI is InChI=1S/C32H34O8/c33-31(29-13-5-9-25-7-1-3-11-27(25)29)39-23-21-37-19-17-35-15-16-36-18-20-38-22-24-40-32(34)30-14-6-10-26-8-2-4-12-28(26)30/h1-14H,15-24H2. The van der Waals surface area contributed by atoms with Crippen LogP contribution in [0.25, 0.3) is 21.5 Å². The first-order chi connectivity index (χ1) is 19.7. The molecule has 0 aliphatic rings. The quantitative estimate of drug-likeness (QED) is 0.134. The number of ether oxygens (including phenoxy) is 6. The monoisotopic (exact) mass is 546 g/mol. The van der Waals surface area contributed by atoms with Gasteiger partial charge in [0.15, 0.2) is 0 Å². The van der Waals surface area contributed by atoms with Gasteiger partial charge in [-0.3, -0.25) is 0 Å². The van der Waals surface area contributed by atoms with Crippen LogP contribution in [-0.4, -0.2) is 78.0 Å². The van der Waals surface area contributed by atoms with Crippen LogP contribution in [0.4, 0.5) is 0 Å². The van der Waals surface area contributed by atoms with E-state index in [-0.39, 0.29) is 25.2 Å². The van der Waals surface area contributed by atoms with Gasteiger partial charge in [-0.1, -0.05) is 72.8 Å². The van der Waals surface area contributed by atoms with E-state index in [0.29, 0.717) is 64.0 Å². The molecule has 4 aromatic carbocycles. The van der Waals surface area contributed by atoms with E-state index < -0.39 is 0 Å². The molecule has 0 N–H and O–H groups in total. The minimum absolute atomic E-state index is 0.174. The van der Waals surface area contributed by atoms with Crippen molar-refractivity contribution in [1.82, 2.24) is 0 Å². The van der Waals surface area contributed by atoms with Gasteiger partial charge in [-0.2, -0.15) is 0 Å². The Morgan fingerprint density at radius 3 is 1.12 bits per heavy atom. The summed E-state index contributed by atoms with van der Waals surface area (Å²) in [4.78, 5) is 24.7. The Morgan fingerprint density at radius 1 is 0.400 bits per heavy atom. The summed E-state index contributed by atoms with van der Waals surface area (Å²) in [6, 6.07) is 26.5. The SMILES string of the molecule is O=C(OCCOCCOCCOCCOCCOC(=O)c1cccc2ccccc12)c1cccc2ccccc12. The molecule has 210 valence electrons. The average Bonchev–Trinajstić information content (AvgIpc) is 3.00. The molecule has 0 aromatic heterocycles. The minimum Gasteiger partial charge on any atom is -0.460 e. The first kappa shape index (κ1) is 29.2. The number of rotatable bonds is 17. The lowest BCUT2D eigenvalue weighted by Gasteiger charge is -2.09. The van der Waals surface area contributed by atoms with Gasteiger partial charge in [0, 0.05) is 0 Å². The second-order valence-electron chi connectivity index (χ2n) is 8.77. The molecule has 0 radical (unpaired) electrons. The normalized spacial score (nSPS) is 11.1. The van der Waals surface area contributed by atoms with Crippen LogP contribution >= 0.6 is 0 Å². The maximum Gasteiger partial charge on any atom is 0.338 e. The van der Waals surface area contributed by atoms with E-state index in [9.17, 15) is 9.59 Å². The van der Waals surface area contributed by atoms with Crippen molar-refractivity contribution < 1.29 is 38.0 Å². The summed E-state index contributed by atoms with van der Waals surface area (Å²) in [7, 11) is 0. The van der Waals surface area contributed by atoms with E-state index in [2.05, 4.69) is 0 Å². The fraction of sp³-hybridized carbons (Fsp3) is 0.312. The van der Waals surface area contributed by atoms with Crippen molar-refractivity contribution in [1.29, 1.82) is 0 Å². The molecule has 0 amide bonds. The second-order valence-corrected chi connectivity index (χ2v) is 8.77. The van der Waals surface area contributed by atoms with Gasteiger partial charge in [-0.15, -0.1) is 0 Å². The van der Waals surface area contributed by atoms with Crippen molar-refractivity contribution in [3.8, 4) is 0 Å². The van der Waals surface area contributed by atoms with Crippen LogP contribution in [-0.2, 0) is 28.4 Å². The molecule has 4 rings (SSSR count). The highest BCUT2D eigenvalue weighted by atomic mass is 16.6. The summed E-state index contributed by atoms with van der Waals surface area (Å²) in [5, 5.41) is 3.74. The molecule has 8 heteroatoms. The first-order valence-electron chi connectivity index (χ1n) is 13.3. The predicted octanol–water partition coefficient (Wildman–Crippen LogP) is 5.07. The largest absolute Gasteiger partial charge is 0.460 e. The molecule has 0 saturated carbocycles. The highest BCUT2D eigenvalue weighted by Gasteiger charge is 2.11. The number of hydrogen-bond donors (Lipinski definition) is 0. The molecule has 40 heavy (non-hydrogen) atoms. The third kappa shape index (κ3) is 8.86. The lowest BCUT2D eigenvalue weighted by atomic mass is 10.1. The van der Waals surface area contributed by atoms with Crippen LogP contribution in [0.3, 0.4) is 0 Å². The topological polar surface area (TPSA) is 89.5 Å². The molecule has 0 heterocycles. The predicted molar refractivity (Wildman–Crippen MR) is 152 cm³/mol. The molecule has 0 atom stereocenters. The molecule has 0 aliphatic heterocycles. The van der Waals surface area contributed by atoms with Crippen LogP contribution < -0.4 is 0 Å². The van der Waals surface area contributed by atoms with Crippen LogP contribution in [0.2, 0.25) is 0 Å². The van der Waals surface area contributed by atoms with Gasteiger partial charge in [0.05, 0.1) is 64.0 Å². The summed E-state index contributed by atoms with van der Waals surface area (Å²) in [6.45, 7) is 3.43. The van der Waals surface area contributed by atoms with Crippen molar-refractivity contribution >= 4 is 33.5 Å². The third-order valence-corrected chi connectivity index (χ3v) is 6.06. The summed E-state index contributed by atoms with van der Waals surface area (Å²) < 4.78 is 32.5. The number of esters is 2. The number of carbonyl (C=O) groups excluding carboxylic acids is 2. The van der Waals surface area contributed by atoms with Gasteiger partial charge in [-0.05, 0) is 33.7 Å². The Labute approximate surface area is 233 Å². The molecule has 0 saturated heterocycles. The molecular formula is C32H34O8. The van der Waals surface area contributed by atoms with Crippen LogP contribution in [0.1, 0.15) is 20.7 Å². The van der Waals surface area contributed by atoms with Crippen LogP contribution in [0.15, 0.2) is 84.9 Å². The number of hydrogen-bond acceptors (Lipinski definition) is 8. The Balaban J connectivity index is 0.938. The highest BCUT2D eigenvalue weighted by molar-refractivity contribution is 6.05. The van der Waals surface area contributed by atoms with Gasteiger partial charge in [-0.25, -0.2) is 9.59 Å². The number of carbonyl (C=O) groups is 2. The van der Waals surface area contributed by atoms with Gasteiger partial charge in [0.1, 0.15) is 13.2 Å². The van der Waals surface area contributed by atoms with E-state index in [0.717, 1.165) is 21.5 Å². The number of benzene rings is 4. The van der Waals surface area contributed by atoms with Gasteiger partial charge in [0.25, 0.3) is 0 Å². The minimum atomic E-state index is -0.361. The highest BCUT2D eigenvalue weighted by Crippen LogP contribution is 2.20. The van der Waals surface area contributed by atoms with Crippen molar-refractivity contribution in [2.45, 2.75) is 0 Å². The second kappa shape index (κ2) is 16.3. The molecule has 8 nitrogen and oxygen atoms in total. The molecule has 4 aromatic rings. The maximum atomic E-state index is 12.4. The fourth-order valence-corrected chi connectivity index (χ4v) is 4.11. The molecule has 0 unspecified atom stereocenters. The molecule has 0 aliphatic carbocycles. The van der Waals surface area contributed by atoms with E-state index in [1.54, 1.807) is 12.1 Å². The van der Waals surface area contributed by atoms with E-state index in [1.807, 2.05) is 72.8 Å². The zero-order valence-electron chi connectivity index (χ0n) is 22.4.